The molecule has 6 nitrogen and oxygen atoms in total. The molecule has 0 bridgehead atoms. The third kappa shape index (κ3) is 5.39. The first-order chi connectivity index (χ1) is 10.9. The van der Waals surface area contributed by atoms with Crippen molar-refractivity contribution >= 4 is 39.2 Å². The highest BCUT2D eigenvalue weighted by Gasteiger charge is 2.14. The standard InChI is InChI=1S/C16H18BrN5O/c17-11-2-1-3-13(9-11)21-15(23)14(18)8-10-4-6-12(7-5-10)22-16(19)20/h1-7,9,14H,8,18H2,(H,21,23)(H4,19,20,22)/t14-/m0/s1. The van der Waals surface area contributed by atoms with Crippen LogP contribution in [0.4, 0.5) is 11.4 Å². The van der Waals surface area contributed by atoms with Gasteiger partial charge in [-0.25, -0.2) is 4.99 Å². The second kappa shape index (κ2) is 7.75. The van der Waals surface area contributed by atoms with Crippen LogP contribution in [0.1, 0.15) is 5.56 Å². The van der Waals surface area contributed by atoms with Gasteiger partial charge in [-0.05, 0) is 42.3 Å². The van der Waals surface area contributed by atoms with E-state index in [2.05, 4.69) is 26.2 Å². The van der Waals surface area contributed by atoms with Gasteiger partial charge in [0.1, 0.15) is 0 Å². The molecule has 0 heterocycles. The van der Waals surface area contributed by atoms with Crippen LogP contribution in [0.15, 0.2) is 58.0 Å². The minimum atomic E-state index is -0.650. The number of guanidine groups is 1. The van der Waals surface area contributed by atoms with Crippen LogP contribution in [-0.4, -0.2) is 17.9 Å². The van der Waals surface area contributed by atoms with Gasteiger partial charge in [0.15, 0.2) is 5.96 Å². The lowest BCUT2D eigenvalue weighted by Crippen LogP contribution is -2.37. The van der Waals surface area contributed by atoms with Gasteiger partial charge in [0.05, 0.1) is 11.7 Å². The molecule has 0 radical (unpaired) electrons. The van der Waals surface area contributed by atoms with E-state index in [1.165, 1.54) is 0 Å². The third-order valence-corrected chi connectivity index (χ3v) is 3.57. The molecule has 0 fully saturated rings. The van der Waals surface area contributed by atoms with Crippen LogP contribution >= 0.6 is 15.9 Å². The van der Waals surface area contributed by atoms with Crippen molar-refractivity contribution in [3.05, 3.63) is 58.6 Å². The van der Waals surface area contributed by atoms with Crippen molar-refractivity contribution in [1.29, 1.82) is 0 Å². The molecule has 1 atom stereocenters. The molecule has 23 heavy (non-hydrogen) atoms. The van der Waals surface area contributed by atoms with Crippen molar-refractivity contribution in [1.82, 2.24) is 0 Å². The quantitative estimate of drug-likeness (QED) is 0.470. The summed E-state index contributed by atoms with van der Waals surface area (Å²) in [6, 6.07) is 13.9. The van der Waals surface area contributed by atoms with Crippen molar-refractivity contribution in [2.45, 2.75) is 12.5 Å². The van der Waals surface area contributed by atoms with Gasteiger partial charge >= 0.3 is 0 Å². The highest BCUT2D eigenvalue weighted by Crippen LogP contribution is 2.17. The van der Waals surface area contributed by atoms with E-state index in [0.29, 0.717) is 17.8 Å². The molecule has 2 aromatic carbocycles. The summed E-state index contributed by atoms with van der Waals surface area (Å²) in [4.78, 5) is 16.1. The first-order valence-corrected chi connectivity index (χ1v) is 7.74. The monoisotopic (exact) mass is 375 g/mol. The number of hydrogen-bond acceptors (Lipinski definition) is 3. The SMILES string of the molecule is NC(N)=Nc1ccc(C[C@H](N)C(=O)Nc2cccc(Br)c2)cc1. The molecule has 0 aliphatic rings. The van der Waals surface area contributed by atoms with Crippen molar-refractivity contribution in [3.63, 3.8) is 0 Å². The van der Waals surface area contributed by atoms with Crippen LogP contribution in [0.5, 0.6) is 0 Å². The zero-order valence-corrected chi connectivity index (χ0v) is 14.0. The van der Waals surface area contributed by atoms with Crippen molar-refractivity contribution in [2.75, 3.05) is 5.32 Å². The number of halogens is 1. The Morgan fingerprint density at radius 1 is 1.17 bits per heavy atom. The zero-order valence-electron chi connectivity index (χ0n) is 12.4. The lowest BCUT2D eigenvalue weighted by atomic mass is 10.1. The number of nitrogens with one attached hydrogen (secondary N) is 1. The number of hydrogen-bond donors (Lipinski definition) is 4. The smallest absolute Gasteiger partial charge is 0.241 e. The Kier molecular flexibility index (Phi) is 5.72. The molecule has 1 amide bonds. The van der Waals surface area contributed by atoms with Crippen LogP contribution in [-0.2, 0) is 11.2 Å². The maximum absolute atomic E-state index is 12.1. The number of benzene rings is 2. The molecule has 0 saturated heterocycles. The average molecular weight is 376 g/mol. The van der Waals surface area contributed by atoms with Gasteiger partial charge in [-0.3, -0.25) is 4.79 Å². The zero-order chi connectivity index (χ0) is 16.8. The van der Waals surface area contributed by atoms with Gasteiger partial charge in [0.2, 0.25) is 5.91 Å². The van der Waals surface area contributed by atoms with Crippen molar-refractivity contribution in [2.24, 2.45) is 22.2 Å². The summed E-state index contributed by atoms with van der Waals surface area (Å²) in [6.07, 6.45) is 0.419. The molecule has 0 aromatic heterocycles. The number of aliphatic imine (C=N–C) groups is 1. The first kappa shape index (κ1) is 17.0. The molecule has 0 spiro atoms. The van der Waals surface area contributed by atoms with Crippen molar-refractivity contribution < 1.29 is 4.79 Å². The summed E-state index contributed by atoms with van der Waals surface area (Å²) in [5.41, 5.74) is 18.9. The Morgan fingerprint density at radius 3 is 2.48 bits per heavy atom. The topological polar surface area (TPSA) is 120 Å². The summed E-state index contributed by atoms with van der Waals surface area (Å²) < 4.78 is 0.888. The van der Waals surface area contributed by atoms with E-state index >= 15 is 0 Å². The molecular weight excluding hydrogens is 358 g/mol. The molecule has 0 aliphatic heterocycles. The number of carbonyl (C=O) groups is 1. The van der Waals surface area contributed by atoms with Crippen LogP contribution in [0.2, 0.25) is 0 Å². The lowest BCUT2D eigenvalue weighted by molar-refractivity contribution is -0.117. The molecule has 120 valence electrons. The van der Waals surface area contributed by atoms with Gasteiger partial charge in [0, 0.05) is 10.2 Å². The summed E-state index contributed by atoms with van der Waals surface area (Å²) in [5, 5.41) is 2.79. The minimum Gasteiger partial charge on any atom is -0.370 e. The van der Waals surface area contributed by atoms with E-state index in [9.17, 15) is 4.79 Å². The summed E-state index contributed by atoms with van der Waals surface area (Å²) in [5.74, 6) is -0.237. The Hall–Kier alpha value is -2.38. The summed E-state index contributed by atoms with van der Waals surface area (Å²) in [6.45, 7) is 0. The highest BCUT2D eigenvalue weighted by molar-refractivity contribution is 9.10. The Morgan fingerprint density at radius 2 is 1.87 bits per heavy atom. The number of amides is 1. The van der Waals surface area contributed by atoms with Crippen LogP contribution in [0.25, 0.3) is 0 Å². The molecule has 7 heteroatoms. The fraction of sp³-hybridized carbons (Fsp3) is 0.125. The molecule has 0 saturated carbocycles. The predicted molar refractivity (Wildman–Crippen MR) is 96.4 cm³/mol. The fourth-order valence-electron chi connectivity index (χ4n) is 2.00. The number of rotatable bonds is 5. The maximum atomic E-state index is 12.1. The fourth-order valence-corrected chi connectivity index (χ4v) is 2.40. The largest absolute Gasteiger partial charge is 0.370 e. The number of nitrogens with two attached hydrogens (primary N) is 3. The van der Waals surface area contributed by atoms with E-state index in [4.69, 9.17) is 17.2 Å². The lowest BCUT2D eigenvalue weighted by Gasteiger charge is -2.12. The molecular formula is C16H18BrN5O. The normalized spacial score (nSPS) is 11.6. The molecule has 2 rings (SSSR count). The molecule has 0 unspecified atom stereocenters. The van der Waals surface area contributed by atoms with E-state index in [1.807, 2.05) is 30.3 Å². The van der Waals surface area contributed by atoms with Gasteiger partial charge < -0.3 is 22.5 Å². The van der Waals surface area contributed by atoms with Crippen LogP contribution in [0.3, 0.4) is 0 Å². The summed E-state index contributed by atoms with van der Waals surface area (Å²) >= 11 is 3.36. The Bertz CT molecular complexity index is 711. The van der Waals surface area contributed by atoms with E-state index in [1.54, 1.807) is 18.2 Å². The second-order valence-electron chi connectivity index (χ2n) is 5.01. The van der Waals surface area contributed by atoms with E-state index < -0.39 is 6.04 Å². The Labute approximate surface area is 142 Å². The van der Waals surface area contributed by atoms with Crippen LogP contribution in [0, 0.1) is 0 Å². The predicted octanol–water partition coefficient (Wildman–Crippen LogP) is 1.86. The van der Waals surface area contributed by atoms with E-state index in [0.717, 1.165) is 10.0 Å². The molecule has 0 aliphatic carbocycles. The minimum absolute atomic E-state index is 0.00264. The third-order valence-electron chi connectivity index (χ3n) is 3.08. The first-order valence-electron chi connectivity index (χ1n) is 6.94. The molecule has 7 N–H and O–H groups in total. The average Bonchev–Trinajstić information content (AvgIpc) is 2.48. The highest BCUT2D eigenvalue weighted by atomic mass is 79.9. The summed E-state index contributed by atoms with van der Waals surface area (Å²) in [7, 11) is 0. The van der Waals surface area contributed by atoms with Gasteiger partial charge in [-0.1, -0.05) is 34.1 Å². The van der Waals surface area contributed by atoms with E-state index in [-0.39, 0.29) is 11.9 Å². The number of carbonyl (C=O) groups excluding carboxylic acids is 1. The number of anilines is 1. The van der Waals surface area contributed by atoms with Gasteiger partial charge in [-0.2, -0.15) is 0 Å². The van der Waals surface area contributed by atoms with Crippen molar-refractivity contribution in [3.8, 4) is 0 Å². The number of nitrogens with zero attached hydrogens (tertiary/aromatic N) is 1. The molecule has 2 aromatic rings. The van der Waals surface area contributed by atoms with Crippen LogP contribution < -0.4 is 22.5 Å². The maximum Gasteiger partial charge on any atom is 0.241 e. The Balaban J connectivity index is 1.96. The second-order valence-corrected chi connectivity index (χ2v) is 5.93. The van der Waals surface area contributed by atoms with Gasteiger partial charge in [-0.15, -0.1) is 0 Å². The van der Waals surface area contributed by atoms with Gasteiger partial charge in [0.25, 0.3) is 0 Å².